The number of benzene rings is 1. The van der Waals surface area contributed by atoms with Gasteiger partial charge in [-0.2, -0.15) is 4.98 Å². The molecule has 0 bridgehead atoms. The molecule has 0 amide bonds. The van der Waals surface area contributed by atoms with E-state index in [1.54, 1.807) is 12.4 Å². The Morgan fingerprint density at radius 2 is 1.85 bits per heavy atom. The lowest BCUT2D eigenvalue weighted by molar-refractivity contribution is 0.401. The predicted octanol–water partition coefficient (Wildman–Crippen LogP) is 3.71. The summed E-state index contributed by atoms with van der Waals surface area (Å²) >= 11 is 0. The third-order valence-electron chi connectivity index (χ3n) is 4.96. The number of hydrogen-bond acceptors (Lipinski definition) is 6. The van der Waals surface area contributed by atoms with Gasteiger partial charge >= 0.3 is 0 Å². The van der Waals surface area contributed by atoms with Crippen LogP contribution in [0.15, 0.2) is 61.2 Å². The first-order valence-corrected chi connectivity index (χ1v) is 9.27. The van der Waals surface area contributed by atoms with Crippen LogP contribution in [0.4, 0.5) is 11.5 Å². The molecule has 2 N–H and O–H groups in total. The predicted molar refractivity (Wildman–Crippen MR) is 106 cm³/mol. The standard InChI is InChI=1S/C21H23N5O/c22-19-20(24-15-25-21(19)27-18-7-4-10-23-14-18)26-11-8-17(9-12-26)13-16-5-2-1-3-6-16/h1-7,10,14-15,17H,8-9,11-13,22H2. The number of anilines is 2. The maximum absolute atomic E-state index is 6.31. The highest BCUT2D eigenvalue weighted by atomic mass is 16.5. The van der Waals surface area contributed by atoms with Gasteiger partial charge in [0.05, 0.1) is 6.20 Å². The van der Waals surface area contributed by atoms with E-state index >= 15 is 0 Å². The first-order valence-electron chi connectivity index (χ1n) is 9.27. The Kier molecular flexibility index (Phi) is 5.14. The largest absolute Gasteiger partial charge is 0.435 e. The topological polar surface area (TPSA) is 77.2 Å². The number of pyridine rings is 1. The van der Waals surface area contributed by atoms with E-state index in [2.05, 4.69) is 50.2 Å². The molecule has 0 aliphatic carbocycles. The third kappa shape index (κ3) is 4.16. The first kappa shape index (κ1) is 17.3. The van der Waals surface area contributed by atoms with Gasteiger partial charge in [0.2, 0.25) is 5.88 Å². The van der Waals surface area contributed by atoms with Crippen molar-refractivity contribution < 1.29 is 4.74 Å². The Balaban J connectivity index is 1.41. The molecular formula is C21H23N5O. The van der Waals surface area contributed by atoms with E-state index in [0.717, 1.165) is 38.2 Å². The molecule has 3 aromatic rings. The molecule has 2 aromatic heterocycles. The summed E-state index contributed by atoms with van der Waals surface area (Å²) in [6, 6.07) is 14.3. The summed E-state index contributed by atoms with van der Waals surface area (Å²) in [6.45, 7) is 1.87. The van der Waals surface area contributed by atoms with Crippen LogP contribution in [0.1, 0.15) is 18.4 Å². The minimum Gasteiger partial charge on any atom is -0.435 e. The molecular weight excluding hydrogens is 338 g/mol. The lowest BCUT2D eigenvalue weighted by Gasteiger charge is -2.33. The Morgan fingerprint density at radius 1 is 1.04 bits per heavy atom. The van der Waals surface area contributed by atoms with Gasteiger partial charge in [0.1, 0.15) is 17.8 Å². The van der Waals surface area contributed by atoms with Gasteiger partial charge in [-0.3, -0.25) is 4.98 Å². The van der Waals surface area contributed by atoms with Crippen molar-refractivity contribution in [2.45, 2.75) is 19.3 Å². The van der Waals surface area contributed by atoms with Gasteiger partial charge in [-0.15, -0.1) is 0 Å². The Morgan fingerprint density at radius 3 is 2.59 bits per heavy atom. The summed E-state index contributed by atoms with van der Waals surface area (Å²) in [5, 5.41) is 0. The molecule has 0 saturated carbocycles. The van der Waals surface area contributed by atoms with Crippen molar-refractivity contribution in [2.75, 3.05) is 23.7 Å². The maximum atomic E-state index is 6.31. The number of nitrogen functional groups attached to an aromatic ring is 1. The van der Waals surface area contributed by atoms with Gasteiger partial charge in [0.15, 0.2) is 5.82 Å². The second-order valence-corrected chi connectivity index (χ2v) is 6.83. The van der Waals surface area contributed by atoms with E-state index in [9.17, 15) is 0 Å². The summed E-state index contributed by atoms with van der Waals surface area (Å²) < 4.78 is 5.78. The monoisotopic (exact) mass is 361 g/mol. The minimum absolute atomic E-state index is 0.374. The van der Waals surface area contributed by atoms with Crippen molar-refractivity contribution in [3.05, 3.63) is 66.7 Å². The van der Waals surface area contributed by atoms with Crippen molar-refractivity contribution in [1.29, 1.82) is 0 Å². The normalized spacial score (nSPS) is 14.9. The van der Waals surface area contributed by atoms with Crippen LogP contribution in [0.3, 0.4) is 0 Å². The molecule has 1 fully saturated rings. The number of piperidine rings is 1. The molecule has 1 aliphatic rings. The molecule has 4 rings (SSSR count). The number of nitrogens with zero attached hydrogens (tertiary/aromatic N) is 4. The lowest BCUT2D eigenvalue weighted by Crippen LogP contribution is -2.35. The van der Waals surface area contributed by atoms with E-state index < -0.39 is 0 Å². The van der Waals surface area contributed by atoms with Crippen molar-refractivity contribution in [3.63, 3.8) is 0 Å². The zero-order chi connectivity index (χ0) is 18.5. The summed E-state index contributed by atoms with van der Waals surface area (Å²) in [5.74, 6) is 2.43. The average molecular weight is 361 g/mol. The zero-order valence-corrected chi connectivity index (χ0v) is 15.2. The smallest absolute Gasteiger partial charge is 0.248 e. The maximum Gasteiger partial charge on any atom is 0.248 e. The molecule has 3 heterocycles. The first-order chi connectivity index (χ1) is 13.3. The number of nitrogens with two attached hydrogens (primary N) is 1. The Labute approximate surface area is 159 Å². The van der Waals surface area contributed by atoms with Crippen molar-refractivity contribution in [2.24, 2.45) is 5.92 Å². The number of rotatable bonds is 5. The van der Waals surface area contributed by atoms with Crippen LogP contribution < -0.4 is 15.4 Å². The number of aromatic nitrogens is 3. The van der Waals surface area contributed by atoms with Crippen molar-refractivity contribution in [1.82, 2.24) is 15.0 Å². The van der Waals surface area contributed by atoms with Crippen LogP contribution in [0.2, 0.25) is 0 Å². The molecule has 0 unspecified atom stereocenters. The average Bonchev–Trinajstić information content (AvgIpc) is 2.72. The van der Waals surface area contributed by atoms with E-state index in [0.29, 0.717) is 23.2 Å². The molecule has 1 saturated heterocycles. The highest BCUT2D eigenvalue weighted by Gasteiger charge is 2.23. The quantitative estimate of drug-likeness (QED) is 0.746. The van der Waals surface area contributed by atoms with Crippen molar-refractivity contribution in [3.8, 4) is 11.6 Å². The van der Waals surface area contributed by atoms with Crippen LogP contribution in [0.5, 0.6) is 11.6 Å². The number of hydrogen-bond donors (Lipinski definition) is 1. The molecule has 138 valence electrons. The van der Waals surface area contributed by atoms with Crippen LogP contribution in [0, 0.1) is 5.92 Å². The molecule has 6 nitrogen and oxygen atoms in total. The summed E-state index contributed by atoms with van der Waals surface area (Å²) in [7, 11) is 0. The van der Waals surface area contributed by atoms with E-state index in [1.807, 2.05) is 12.1 Å². The highest BCUT2D eigenvalue weighted by Crippen LogP contribution is 2.33. The number of ether oxygens (including phenoxy) is 1. The fraction of sp³-hybridized carbons (Fsp3) is 0.286. The van der Waals surface area contributed by atoms with Gasteiger partial charge in [-0.05, 0) is 42.9 Å². The zero-order valence-electron chi connectivity index (χ0n) is 15.2. The summed E-state index contributed by atoms with van der Waals surface area (Å²) in [5.41, 5.74) is 8.19. The van der Waals surface area contributed by atoms with Gasteiger partial charge in [0.25, 0.3) is 0 Å². The Hall–Kier alpha value is -3.15. The van der Waals surface area contributed by atoms with Crippen LogP contribution in [0.25, 0.3) is 0 Å². The Bertz CT molecular complexity index is 864. The van der Waals surface area contributed by atoms with E-state index in [4.69, 9.17) is 10.5 Å². The third-order valence-corrected chi connectivity index (χ3v) is 4.96. The van der Waals surface area contributed by atoms with Crippen LogP contribution >= 0.6 is 0 Å². The molecule has 1 aliphatic heterocycles. The van der Waals surface area contributed by atoms with Crippen LogP contribution in [-0.2, 0) is 6.42 Å². The molecule has 0 spiro atoms. The van der Waals surface area contributed by atoms with Gasteiger partial charge in [-0.25, -0.2) is 4.98 Å². The SMILES string of the molecule is Nc1c(Oc2cccnc2)ncnc1N1CCC(Cc2ccccc2)CC1. The molecule has 27 heavy (non-hydrogen) atoms. The fourth-order valence-corrected chi connectivity index (χ4v) is 3.52. The lowest BCUT2D eigenvalue weighted by atomic mass is 9.90. The molecule has 0 atom stereocenters. The second-order valence-electron chi connectivity index (χ2n) is 6.83. The minimum atomic E-state index is 0.374. The molecule has 0 radical (unpaired) electrons. The second kappa shape index (κ2) is 8.03. The van der Waals surface area contributed by atoms with Crippen LogP contribution in [-0.4, -0.2) is 28.0 Å². The van der Waals surface area contributed by atoms with Crippen molar-refractivity contribution >= 4 is 11.5 Å². The summed E-state index contributed by atoms with van der Waals surface area (Å²) in [6.07, 6.45) is 8.21. The van der Waals surface area contributed by atoms with Gasteiger partial charge in [-0.1, -0.05) is 30.3 Å². The molecule has 1 aromatic carbocycles. The molecule has 6 heteroatoms. The summed E-state index contributed by atoms with van der Waals surface area (Å²) in [4.78, 5) is 14.9. The van der Waals surface area contributed by atoms with Gasteiger partial charge < -0.3 is 15.4 Å². The van der Waals surface area contributed by atoms with Gasteiger partial charge in [0, 0.05) is 19.3 Å². The van der Waals surface area contributed by atoms with E-state index in [-0.39, 0.29) is 0 Å². The highest BCUT2D eigenvalue weighted by molar-refractivity contribution is 5.68. The van der Waals surface area contributed by atoms with E-state index in [1.165, 1.54) is 11.9 Å². The fourth-order valence-electron chi connectivity index (χ4n) is 3.52.